The number of nitroso groups, excluding NO2 is 1. The smallest absolute Gasteiger partial charge is 0.111 e. The molecule has 5 nitrogen and oxygen atoms in total. The maximum Gasteiger partial charge on any atom is 0.111 e. The average Bonchev–Trinajstić information content (AvgIpc) is 2.86. The monoisotopic (exact) mass is 567 g/mol. The van der Waals surface area contributed by atoms with E-state index in [1.54, 1.807) is 0 Å². The Bertz CT molecular complexity index is 1150. The van der Waals surface area contributed by atoms with Crippen LogP contribution in [0.25, 0.3) is 0 Å². The zero-order chi connectivity index (χ0) is 29.7. The first-order chi connectivity index (χ1) is 18.8. The molecule has 1 aliphatic rings. The van der Waals surface area contributed by atoms with Gasteiger partial charge in [0.05, 0.1) is 5.69 Å². The number of aryl methyl sites for hydroxylation is 1. The second-order valence-electron chi connectivity index (χ2n) is 13.7. The third kappa shape index (κ3) is 8.25. The number of thioether (sulfide) groups is 1. The highest BCUT2D eigenvalue weighted by Gasteiger charge is 2.26. The predicted octanol–water partition coefficient (Wildman–Crippen LogP) is 9.35. The van der Waals surface area contributed by atoms with Crippen LogP contribution in [0.5, 0.6) is 5.75 Å². The third-order valence-corrected chi connectivity index (χ3v) is 10.1. The van der Waals surface area contributed by atoms with Crippen molar-refractivity contribution in [2.24, 2.45) is 11.1 Å². The summed E-state index contributed by atoms with van der Waals surface area (Å²) in [6.07, 6.45) is 10.2. The van der Waals surface area contributed by atoms with E-state index in [-0.39, 0.29) is 16.6 Å². The van der Waals surface area contributed by atoms with Gasteiger partial charge in [0, 0.05) is 18.1 Å². The van der Waals surface area contributed by atoms with Crippen LogP contribution in [0.3, 0.4) is 0 Å². The van der Waals surface area contributed by atoms with Gasteiger partial charge >= 0.3 is 0 Å². The largest absolute Gasteiger partial charge is 0.871 e. The summed E-state index contributed by atoms with van der Waals surface area (Å²) in [5.74, 6) is 1.14. The highest BCUT2D eigenvalue weighted by molar-refractivity contribution is 7.99. The lowest BCUT2D eigenvalue weighted by Gasteiger charge is -2.32. The summed E-state index contributed by atoms with van der Waals surface area (Å²) in [5.41, 5.74) is 6.17. The Kier molecular flexibility index (Phi) is 11.2. The molecule has 0 amide bonds. The minimum atomic E-state index is -0.117. The molecular weight excluding hydrogens is 516 g/mol. The van der Waals surface area contributed by atoms with Crippen LogP contribution in [-0.4, -0.2) is 17.5 Å². The van der Waals surface area contributed by atoms with E-state index in [1.807, 2.05) is 23.9 Å². The number of nitrogens with zero attached hydrogens (tertiary/aromatic N) is 2. The van der Waals surface area contributed by atoms with Gasteiger partial charge in [-0.25, -0.2) is 0 Å². The number of hydrogen-bond acceptors (Lipinski definition) is 6. The molecule has 1 saturated carbocycles. The maximum absolute atomic E-state index is 13.3. The van der Waals surface area contributed by atoms with Crippen LogP contribution >= 0.6 is 11.8 Å². The Hall–Kier alpha value is -2.05. The normalized spacial score (nSPS) is 18.7. The molecule has 2 aromatic rings. The molecule has 0 radical (unpaired) electrons. The van der Waals surface area contributed by atoms with Gasteiger partial charge in [0.2, 0.25) is 0 Å². The molecule has 0 aromatic heterocycles. The molecule has 1 aliphatic carbocycles. The van der Waals surface area contributed by atoms with Crippen molar-refractivity contribution < 1.29 is 10.3 Å². The Labute approximate surface area is 247 Å². The Balaban J connectivity index is 1.86. The minimum Gasteiger partial charge on any atom is -0.871 e. The first-order valence-electron chi connectivity index (χ1n) is 15.1. The highest BCUT2D eigenvalue weighted by Crippen LogP contribution is 2.41. The molecule has 0 aliphatic heterocycles. The number of benzene rings is 2. The first-order valence-corrected chi connectivity index (χ1v) is 16.2. The Morgan fingerprint density at radius 3 is 2.12 bits per heavy atom. The maximum atomic E-state index is 13.3. The van der Waals surface area contributed by atoms with Crippen LogP contribution in [0, 0.1) is 10.8 Å². The summed E-state index contributed by atoms with van der Waals surface area (Å²) in [6.45, 7) is 15.1. The van der Waals surface area contributed by atoms with Crippen molar-refractivity contribution in [1.82, 2.24) is 0 Å². The van der Waals surface area contributed by atoms with Gasteiger partial charge in [0.25, 0.3) is 0 Å². The summed E-state index contributed by atoms with van der Waals surface area (Å²) in [4.78, 5) is 11.8. The number of anilines is 1. The van der Waals surface area contributed by atoms with Gasteiger partial charge < -0.3 is 5.11 Å². The van der Waals surface area contributed by atoms with E-state index in [4.69, 9.17) is 0 Å². The lowest BCUT2D eigenvalue weighted by atomic mass is 9.81. The highest BCUT2D eigenvalue weighted by atomic mass is 32.2. The van der Waals surface area contributed by atoms with Crippen LogP contribution in [0.1, 0.15) is 121 Å². The number of hydroxylamine groups is 1. The molecule has 0 bridgehead atoms. The number of rotatable bonds is 9. The minimum absolute atomic E-state index is 0.0434. The van der Waals surface area contributed by atoms with E-state index < -0.39 is 0 Å². The van der Waals surface area contributed by atoms with Crippen LogP contribution in [-0.2, 0) is 29.4 Å². The average molecular weight is 568 g/mol. The molecule has 3 rings (SSSR count). The van der Waals surface area contributed by atoms with Gasteiger partial charge in [0.1, 0.15) is 5.69 Å². The van der Waals surface area contributed by atoms with Crippen molar-refractivity contribution in [3.63, 3.8) is 0 Å². The van der Waals surface area contributed by atoms with Crippen molar-refractivity contribution in [3.8, 4) is 5.75 Å². The van der Waals surface area contributed by atoms with Crippen LogP contribution < -0.4 is 10.2 Å². The summed E-state index contributed by atoms with van der Waals surface area (Å²) >= 11 is 1.93. The van der Waals surface area contributed by atoms with Gasteiger partial charge in [-0.15, -0.1) is 4.91 Å². The van der Waals surface area contributed by atoms with E-state index in [0.29, 0.717) is 28.3 Å². The van der Waals surface area contributed by atoms with Gasteiger partial charge in [-0.2, -0.15) is 11.8 Å². The molecule has 2 aromatic carbocycles. The van der Waals surface area contributed by atoms with Crippen molar-refractivity contribution in [2.45, 2.75) is 128 Å². The molecular formula is C34H51N2O3S-. The predicted molar refractivity (Wildman–Crippen MR) is 169 cm³/mol. The van der Waals surface area contributed by atoms with Crippen molar-refractivity contribution in [2.75, 3.05) is 12.1 Å². The van der Waals surface area contributed by atoms with Crippen molar-refractivity contribution in [1.29, 1.82) is 0 Å². The third-order valence-electron chi connectivity index (χ3n) is 8.57. The topological polar surface area (TPSA) is 76.0 Å². The second-order valence-corrected chi connectivity index (χ2v) is 15.0. The number of hydrogen-bond donors (Lipinski definition) is 1. The summed E-state index contributed by atoms with van der Waals surface area (Å²) in [7, 11) is 1.52. The zero-order valence-corrected chi connectivity index (χ0v) is 26.9. The summed E-state index contributed by atoms with van der Waals surface area (Å²) in [6, 6.07) is 8.18. The van der Waals surface area contributed by atoms with Crippen molar-refractivity contribution in [3.05, 3.63) is 57.0 Å². The lowest BCUT2D eigenvalue weighted by molar-refractivity contribution is -0.268. The molecule has 0 heterocycles. The van der Waals surface area contributed by atoms with E-state index >= 15 is 0 Å². The molecule has 2 unspecified atom stereocenters. The second kappa shape index (κ2) is 13.7. The summed E-state index contributed by atoms with van der Waals surface area (Å²) in [5, 5.41) is 28.3. The van der Waals surface area contributed by atoms with Gasteiger partial charge in [-0.05, 0) is 94.0 Å². The van der Waals surface area contributed by atoms with Gasteiger partial charge in [0.15, 0.2) is 0 Å². The van der Waals surface area contributed by atoms with Crippen molar-refractivity contribution >= 4 is 23.1 Å². The van der Waals surface area contributed by atoms with Gasteiger partial charge in [-0.1, -0.05) is 92.0 Å². The molecule has 6 heteroatoms. The molecule has 2 atom stereocenters. The molecule has 40 heavy (non-hydrogen) atoms. The molecule has 1 fully saturated rings. The zero-order valence-electron chi connectivity index (χ0n) is 26.1. The summed E-state index contributed by atoms with van der Waals surface area (Å²) < 4.78 is 0. The van der Waals surface area contributed by atoms with E-state index in [9.17, 15) is 15.2 Å². The molecule has 0 spiro atoms. The van der Waals surface area contributed by atoms with Crippen LogP contribution in [0.4, 0.5) is 11.4 Å². The fraction of sp³-hybridized carbons (Fsp3) is 0.647. The van der Waals surface area contributed by atoms with Crippen LogP contribution in [0.15, 0.2) is 29.4 Å². The van der Waals surface area contributed by atoms with E-state index in [1.165, 1.54) is 56.7 Å². The van der Waals surface area contributed by atoms with Crippen LogP contribution in [0.2, 0.25) is 0 Å². The molecule has 222 valence electrons. The lowest BCUT2D eigenvalue weighted by Crippen LogP contribution is -2.21. The van der Waals surface area contributed by atoms with E-state index in [0.717, 1.165) is 41.0 Å². The standard InChI is InChI=1S/C34H52N2O3S/c1-9-28-24(18-26(33(2,3)4)20-29(28)35-38)17-16-23-14-12-10-11-13-15-31(23)40-22-25-19-27(34(5,6)7)21-30(32(25)37)36(8)39/h18-21,23,31,37,39H,9-17,22H2,1-8H3/p-1. The van der Waals surface area contributed by atoms with E-state index in [2.05, 4.69) is 65.8 Å². The molecule has 0 saturated heterocycles. The quantitative estimate of drug-likeness (QED) is 0.241. The first kappa shape index (κ1) is 32.5. The SMILES string of the molecule is CCc1c(CCC2CCCCCCC2SCc2cc(C(C)(C)C)cc(N(C)O)c2[O-])cc(C(C)(C)C)cc1N=O. The molecule has 1 N–H and O–H groups in total. The Morgan fingerprint density at radius 2 is 1.55 bits per heavy atom. The fourth-order valence-electron chi connectivity index (χ4n) is 5.93. The van der Waals surface area contributed by atoms with Gasteiger partial charge in [-0.3, -0.25) is 10.3 Å². The fourth-order valence-corrected chi connectivity index (χ4v) is 7.41. The Morgan fingerprint density at radius 1 is 0.950 bits per heavy atom.